The van der Waals surface area contributed by atoms with Gasteiger partial charge in [0.1, 0.15) is 0 Å². The molecule has 0 aromatic heterocycles. The number of hydrogen-bond donors (Lipinski definition) is 0. The lowest BCUT2D eigenvalue weighted by molar-refractivity contribution is 0.0163. The summed E-state index contributed by atoms with van der Waals surface area (Å²) in [5, 5.41) is 0. The molecule has 0 N–H and O–H groups in total. The number of halogens is 2. The number of aryl methyl sites for hydroxylation is 1. The van der Waals surface area contributed by atoms with Crippen LogP contribution in [0, 0.1) is 5.92 Å². The highest BCUT2D eigenvalue weighted by Crippen LogP contribution is 2.32. The van der Waals surface area contributed by atoms with Crippen LogP contribution in [0.2, 0.25) is 0 Å². The fraction of sp³-hybridized carbons (Fsp3) is 0.500. The van der Waals surface area contributed by atoms with Gasteiger partial charge in [0.15, 0.2) is 0 Å². The van der Waals surface area contributed by atoms with Gasteiger partial charge in [-0.2, -0.15) is 0 Å². The number of aliphatic imine (C=N–C) groups is 2. The van der Waals surface area contributed by atoms with Crippen molar-refractivity contribution in [3.05, 3.63) is 69.8 Å². The molecule has 32 heavy (non-hydrogen) atoms. The molecule has 0 aliphatic heterocycles. The molecule has 0 atom stereocenters. The Morgan fingerprint density at radius 2 is 1.72 bits per heavy atom. The van der Waals surface area contributed by atoms with E-state index in [1.165, 1.54) is 36.0 Å². The second kappa shape index (κ2) is 13.9. The summed E-state index contributed by atoms with van der Waals surface area (Å²) >= 11 is 0. The van der Waals surface area contributed by atoms with E-state index < -0.39 is 5.92 Å². The monoisotopic (exact) mass is 442 g/mol. The fourth-order valence-corrected chi connectivity index (χ4v) is 3.98. The third-order valence-corrected chi connectivity index (χ3v) is 5.36. The Balaban J connectivity index is 0.000000315. The number of hydrogen-bond acceptors (Lipinski definition) is 2. The minimum absolute atomic E-state index is 0.151. The van der Waals surface area contributed by atoms with Crippen LogP contribution in [-0.4, -0.2) is 20.0 Å². The van der Waals surface area contributed by atoms with Gasteiger partial charge >= 0.3 is 0 Å². The van der Waals surface area contributed by atoms with Crippen LogP contribution in [0.1, 0.15) is 74.4 Å². The number of rotatable bonds is 8. The van der Waals surface area contributed by atoms with Gasteiger partial charge in [0, 0.05) is 19.0 Å². The number of fused-ring (bicyclic) bond motifs is 1. The molecule has 4 heteroatoms. The highest BCUT2D eigenvalue weighted by molar-refractivity contribution is 5.39. The number of benzene rings is 2. The lowest BCUT2D eigenvalue weighted by Crippen LogP contribution is -2.13. The lowest BCUT2D eigenvalue weighted by Gasteiger charge is -2.18. The predicted octanol–water partition coefficient (Wildman–Crippen LogP) is 7.64. The summed E-state index contributed by atoms with van der Waals surface area (Å²) < 4.78 is 27.3. The fourth-order valence-electron chi connectivity index (χ4n) is 3.98. The first-order valence-electron chi connectivity index (χ1n) is 11.7. The summed E-state index contributed by atoms with van der Waals surface area (Å²) in [6.45, 7) is 17.3. The average Bonchev–Trinajstić information content (AvgIpc) is 3.24. The number of nitrogens with zero attached hydrogens (tertiary/aromatic N) is 2. The third-order valence-electron chi connectivity index (χ3n) is 5.36. The first-order chi connectivity index (χ1) is 15.3. The Hall–Kier alpha value is -2.36. The lowest BCUT2D eigenvalue weighted by atomic mass is 9.92. The molecule has 0 saturated heterocycles. The van der Waals surface area contributed by atoms with Crippen LogP contribution in [0.4, 0.5) is 8.78 Å². The zero-order valence-electron chi connectivity index (χ0n) is 20.6. The van der Waals surface area contributed by atoms with Crippen molar-refractivity contribution in [3.8, 4) is 0 Å². The van der Waals surface area contributed by atoms with Gasteiger partial charge in [-0.15, -0.1) is 0 Å². The van der Waals surface area contributed by atoms with Crippen LogP contribution in [-0.2, 0) is 38.2 Å². The van der Waals surface area contributed by atoms with E-state index >= 15 is 0 Å². The van der Waals surface area contributed by atoms with E-state index in [9.17, 15) is 8.78 Å². The first-order valence-corrected chi connectivity index (χ1v) is 11.7. The quantitative estimate of drug-likeness (QED) is 0.375. The van der Waals surface area contributed by atoms with Crippen LogP contribution in [0.3, 0.4) is 0 Å². The topological polar surface area (TPSA) is 24.7 Å². The van der Waals surface area contributed by atoms with E-state index in [0.717, 1.165) is 24.6 Å². The molecule has 176 valence electrons. The van der Waals surface area contributed by atoms with Gasteiger partial charge in [-0.05, 0) is 85.3 Å². The van der Waals surface area contributed by atoms with E-state index in [1.54, 1.807) is 6.07 Å². The standard InChI is InChI=1S/C15H21F2N.C11H13N.C2H6/c1-11(2)9-13-6-5-12(7-8-18-4)10-14(13)15(3,16)17;1-12-8-10-6-2-4-9-5-3-7-11(9)10;1-2/h5-6,10-11H,4,7-9H2,1-3H3;2,4,6H,1,3,5,7-8H2;1-2H3. The van der Waals surface area contributed by atoms with Gasteiger partial charge in [-0.3, -0.25) is 4.99 Å². The van der Waals surface area contributed by atoms with Crippen LogP contribution in [0.5, 0.6) is 0 Å². The zero-order chi connectivity index (χ0) is 24.1. The van der Waals surface area contributed by atoms with Gasteiger partial charge in [-0.25, -0.2) is 8.78 Å². The largest absolute Gasteiger partial charge is 0.301 e. The summed E-state index contributed by atoms with van der Waals surface area (Å²) in [6, 6.07) is 11.9. The van der Waals surface area contributed by atoms with Crippen LogP contribution >= 0.6 is 0 Å². The molecule has 0 spiro atoms. The molecule has 0 fully saturated rings. The molecule has 1 aliphatic carbocycles. The van der Waals surface area contributed by atoms with Gasteiger partial charge in [0.2, 0.25) is 0 Å². The van der Waals surface area contributed by atoms with Crippen molar-refractivity contribution >= 4 is 13.4 Å². The van der Waals surface area contributed by atoms with Crippen LogP contribution in [0.25, 0.3) is 0 Å². The van der Waals surface area contributed by atoms with Crippen molar-refractivity contribution in [2.24, 2.45) is 15.9 Å². The molecule has 2 aromatic carbocycles. The summed E-state index contributed by atoms with van der Waals surface area (Å²) in [7, 11) is 0. The molecule has 0 heterocycles. The average molecular weight is 443 g/mol. The number of alkyl halides is 2. The molecule has 1 aliphatic rings. The van der Waals surface area contributed by atoms with Crippen molar-refractivity contribution in [2.45, 2.75) is 79.2 Å². The summed E-state index contributed by atoms with van der Waals surface area (Å²) in [4.78, 5) is 7.69. The molecular formula is C28H40F2N2. The maximum absolute atomic E-state index is 13.6. The summed E-state index contributed by atoms with van der Waals surface area (Å²) in [5.41, 5.74) is 6.22. The molecule has 0 amide bonds. The van der Waals surface area contributed by atoms with E-state index in [1.807, 2.05) is 39.8 Å². The zero-order valence-corrected chi connectivity index (χ0v) is 20.6. The molecule has 2 nitrogen and oxygen atoms in total. The molecule has 0 unspecified atom stereocenters. The minimum atomic E-state index is -2.79. The Morgan fingerprint density at radius 3 is 2.31 bits per heavy atom. The maximum atomic E-state index is 13.6. The van der Waals surface area contributed by atoms with E-state index in [2.05, 4.69) is 41.6 Å². The Kier molecular flexibility index (Phi) is 12.0. The second-order valence-corrected chi connectivity index (χ2v) is 8.47. The summed E-state index contributed by atoms with van der Waals surface area (Å²) in [5.74, 6) is -2.42. The Morgan fingerprint density at radius 1 is 1.00 bits per heavy atom. The van der Waals surface area contributed by atoms with Crippen molar-refractivity contribution < 1.29 is 8.78 Å². The highest BCUT2D eigenvalue weighted by Gasteiger charge is 2.27. The van der Waals surface area contributed by atoms with Gasteiger partial charge in [-0.1, -0.05) is 58.0 Å². The third kappa shape index (κ3) is 8.64. The molecular weight excluding hydrogens is 402 g/mol. The van der Waals surface area contributed by atoms with Crippen molar-refractivity contribution in [1.82, 2.24) is 0 Å². The predicted molar refractivity (Wildman–Crippen MR) is 136 cm³/mol. The van der Waals surface area contributed by atoms with Crippen LogP contribution in [0.15, 0.2) is 46.4 Å². The first kappa shape index (κ1) is 27.7. The van der Waals surface area contributed by atoms with Crippen LogP contribution < -0.4 is 0 Å². The van der Waals surface area contributed by atoms with E-state index in [-0.39, 0.29) is 5.56 Å². The molecule has 2 aromatic rings. The normalized spacial score (nSPS) is 12.2. The molecule has 0 saturated carbocycles. The molecule has 0 radical (unpaired) electrons. The Labute approximate surface area is 193 Å². The van der Waals surface area contributed by atoms with Crippen molar-refractivity contribution in [1.29, 1.82) is 0 Å². The van der Waals surface area contributed by atoms with E-state index in [4.69, 9.17) is 0 Å². The van der Waals surface area contributed by atoms with Crippen molar-refractivity contribution in [3.63, 3.8) is 0 Å². The van der Waals surface area contributed by atoms with E-state index in [0.29, 0.717) is 25.3 Å². The Bertz CT molecular complexity index is 851. The smallest absolute Gasteiger partial charge is 0.270 e. The minimum Gasteiger partial charge on any atom is -0.301 e. The van der Waals surface area contributed by atoms with Crippen molar-refractivity contribution in [2.75, 3.05) is 6.54 Å². The van der Waals surface area contributed by atoms with Gasteiger partial charge in [0.25, 0.3) is 5.92 Å². The molecule has 0 bridgehead atoms. The summed E-state index contributed by atoms with van der Waals surface area (Å²) in [6.07, 6.45) is 5.14. The highest BCUT2D eigenvalue weighted by atomic mass is 19.3. The molecule has 3 rings (SSSR count). The van der Waals surface area contributed by atoms with Gasteiger partial charge < -0.3 is 4.99 Å². The SMILES string of the molecule is C=NCCc1ccc(CC(C)C)c(C(C)(F)F)c1.C=NCc1cccc2c1CCC2.CC. The van der Waals surface area contributed by atoms with Gasteiger partial charge in [0.05, 0.1) is 6.54 Å². The maximum Gasteiger partial charge on any atom is 0.270 e. The second-order valence-electron chi connectivity index (χ2n) is 8.47.